The van der Waals surface area contributed by atoms with E-state index in [2.05, 4.69) is 181 Å². The maximum Gasteiger partial charge on any atom is 0.160 e. The van der Waals surface area contributed by atoms with Gasteiger partial charge < -0.3 is 9.30 Å². The molecule has 3 heterocycles. The first-order chi connectivity index (χ1) is 29.2. The van der Waals surface area contributed by atoms with Crippen LogP contribution in [-0.2, 0) is 6.61 Å². The minimum Gasteiger partial charge on any atom is -0.488 e. The minimum absolute atomic E-state index is 0.468. The first kappa shape index (κ1) is 33.6. The third-order valence-electron chi connectivity index (χ3n) is 12.1. The van der Waals surface area contributed by atoms with Crippen molar-refractivity contribution in [1.82, 2.24) is 4.57 Å². The van der Waals surface area contributed by atoms with Gasteiger partial charge >= 0.3 is 0 Å². The molecule has 4 heteroatoms. The first-order valence-electron chi connectivity index (χ1n) is 20.4. The van der Waals surface area contributed by atoms with Crippen LogP contribution >= 0.6 is 0 Å². The van der Waals surface area contributed by atoms with Gasteiger partial charge in [0.05, 0.1) is 22.4 Å². The number of fused-ring (bicyclic) bond motifs is 10. The molecule has 12 rings (SSSR count). The van der Waals surface area contributed by atoms with Crippen LogP contribution in [0.2, 0.25) is 0 Å². The van der Waals surface area contributed by atoms with E-state index in [0.29, 0.717) is 12.4 Å². The molecule has 0 spiro atoms. The molecule has 0 amide bonds. The number of ether oxygens (including phenoxy) is 1. The van der Waals surface area contributed by atoms with Crippen molar-refractivity contribution in [3.05, 3.63) is 210 Å². The van der Waals surface area contributed by atoms with Gasteiger partial charge in [0.1, 0.15) is 12.4 Å². The minimum atomic E-state index is 0.468. The van der Waals surface area contributed by atoms with Crippen molar-refractivity contribution in [2.75, 3.05) is 0 Å². The monoisotopic (exact) mass is 755 g/mol. The zero-order valence-electron chi connectivity index (χ0n) is 32.3. The van der Waals surface area contributed by atoms with Crippen LogP contribution in [0.3, 0.4) is 0 Å². The van der Waals surface area contributed by atoms with E-state index in [1.54, 1.807) is 0 Å². The Morgan fingerprint density at radius 1 is 0.492 bits per heavy atom. The van der Waals surface area contributed by atoms with Crippen molar-refractivity contribution < 1.29 is 4.74 Å². The van der Waals surface area contributed by atoms with Crippen molar-refractivity contribution in [3.63, 3.8) is 0 Å². The van der Waals surface area contributed by atoms with Crippen LogP contribution in [0.15, 0.2) is 198 Å². The molecular formula is C55H37N3O. The molecule has 0 unspecified atom stereocenters. The Morgan fingerprint density at radius 3 is 2.00 bits per heavy atom. The van der Waals surface area contributed by atoms with Gasteiger partial charge in [-0.25, -0.2) is 9.98 Å². The summed E-state index contributed by atoms with van der Waals surface area (Å²) in [6, 6.07) is 65.2. The van der Waals surface area contributed by atoms with E-state index in [4.69, 9.17) is 14.7 Å². The molecule has 59 heavy (non-hydrogen) atoms. The summed E-state index contributed by atoms with van der Waals surface area (Å²) in [7, 11) is 0. The van der Waals surface area contributed by atoms with Crippen LogP contribution < -0.4 is 4.74 Å². The average molecular weight is 756 g/mol. The summed E-state index contributed by atoms with van der Waals surface area (Å²) < 4.78 is 9.22. The summed E-state index contributed by atoms with van der Waals surface area (Å²) in [6.07, 6.45) is 3.84. The van der Waals surface area contributed by atoms with Crippen molar-refractivity contribution >= 4 is 71.4 Å². The number of benzene rings is 9. The van der Waals surface area contributed by atoms with Crippen LogP contribution in [0.4, 0.5) is 0 Å². The lowest BCUT2D eigenvalue weighted by Gasteiger charge is -2.27. The lowest BCUT2D eigenvalue weighted by atomic mass is 9.84. The molecule has 0 bridgehead atoms. The molecule has 278 valence electrons. The molecular weight excluding hydrogens is 719 g/mol. The highest BCUT2D eigenvalue weighted by Crippen LogP contribution is 2.46. The normalized spacial score (nSPS) is 16.6. The second-order valence-corrected chi connectivity index (χ2v) is 15.6. The number of allylic oxidation sites excluding steroid dienone is 1. The molecule has 0 aliphatic carbocycles. The number of aliphatic imine (C=N–C) groups is 2. The molecule has 2 aliphatic rings. The van der Waals surface area contributed by atoms with Gasteiger partial charge in [0.2, 0.25) is 0 Å². The van der Waals surface area contributed by atoms with Crippen LogP contribution in [0, 0.1) is 0 Å². The highest BCUT2D eigenvalue weighted by molar-refractivity contribution is 6.23. The summed E-state index contributed by atoms with van der Waals surface area (Å²) in [5.74, 6) is 1.59. The summed E-state index contributed by atoms with van der Waals surface area (Å²) in [5.41, 5.74) is 12.1. The first-order valence-corrected chi connectivity index (χ1v) is 20.4. The SMILES string of the molecule is C1=C(c2ccccc2)/N=C(c2ccccc2)\N=C(\c2c3c(cc4ccccc24)COc2cc(-n4c5cc6ccccc6cc5c5ccc6ccccc6c54)ccc2-3)CC\1. The molecule has 4 nitrogen and oxygen atoms in total. The number of rotatable bonds is 4. The highest BCUT2D eigenvalue weighted by Gasteiger charge is 2.27. The molecule has 0 N–H and O–H groups in total. The van der Waals surface area contributed by atoms with Crippen molar-refractivity contribution in [2.24, 2.45) is 9.98 Å². The van der Waals surface area contributed by atoms with Crippen molar-refractivity contribution in [3.8, 4) is 22.6 Å². The Hall–Kier alpha value is -7.56. The van der Waals surface area contributed by atoms with E-state index in [1.807, 2.05) is 12.1 Å². The fraction of sp³-hybridized carbons (Fsp3) is 0.0545. The number of hydrogen-bond donors (Lipinski definition) is 0. The maximum absolute atomic E-state index is 6.77. The Morgan fingerprint density at radius 2 is 1.19 bits per heavy atom. The van der Waals surface area contributed by atoms with Gasteiger partial charge in [-0.05, 0) is 81.2 Å². The summed E-state index contributed by atoms with van der Waals surface area (Å²) >= 11 is 0. The quantitative estimate of drug-likeness (QED) is 0.176. The molecule has 0 fully saturated rings. The molecule has 10 aromatic rings. The summed E-state index contributed by atoms with van der Waals surface area (Å²) in [5, 5.41) is 9.75. The van der Waals surface area contributed by atoms with Gasteiger partial charge in [-0.3, -0.25) is 0 Å². The highest BCUT2D eigenvalue weighted by atomic mass is 16.5. The topological polar surface area (TPSA) is 38.9 Å². The lowest BCUT2D eigenvalue weighted by molar-refractivity contribution is 0.302. The Kier molecular flexibility index (Phi) is 7.70. The van der Waals surface area contributed by atoms with E-state index in [-0.39, 0.29) is 0 Å². The Labute approximate surface area is 341 Å². The zero-order chi connectivity index (χ0) is 38.9. The summed E-state index contributed by atoms with van der Waals surface area (Å²) in [4.78, 5) is 10.8. The van der Waals surface area contributed by atoms with Gasteiger partial charge in [-0.2, -0.15) is 0 Å². The van der Waals surface area contributed by atoms with Crippen molar-refractivity contribution in [1.29, 1.82) is 0 Å². The zero-order valence-corrected chi connectivity index (χ0v) is 32.3. The van der Waals surface area contributed by atoms with E-state index in [9.17, 15) is 0 Å². The van der Waals surface area contributed by atoms with Gasteiger partial charge in [-0.15, -0.1) is 0 Å². The average Bonchev–Trinajstić information content (AvgIpc) is 3.61. The number of hydrogen-bond acceptors (Lipinski definition) is 3. The van der Waals surface area contributed by atoms with Crippen LogP contribution in [0.25, 0.3) is 76.6 Å². The van der Waals surface area contributed by atoms with Crippen molar-refractivity contribution in [2.45, 2.75) is 19.4 Å². The molecule has 0 radical (unpaired) electrons. The lowest BCUT2D eigenvalue weighted by Crippen LogP contribution is -2.15. The van der Waals surface area contributed by atoms with Crippen LogP contribution in [0.5, 0.6) is 5.75 Å². The van der Waals surface area contributed by atoms with Crippen LogP contribution in [0.1, 0.15) is 35.1 Å². The number of nitrogens with zero attached hydrogens (tertiary/aromatic N) is 3. The number of amidine groups is 1. The molecule has 0 saturated carbocycles. The van der Waals surface area contributed by atoms with Gasteiger partial charge in [0, 0.05) is 50.2 Å². The standard InChI is InChI=1S/C55H37N3O/c1-3-15-36(16-4-1)48-24-13-25-49(57-55(56-48)37-17-5-2-6-18-37)53-43-22-11-10-21-40(43)30-41-34-59-51-33-42(27-29-46(51)52(41)53)58-50-32-39-20-8-7-19-38(39)31-47(50)45-28-26-35-14-9-12-23-44(35)54(45)58/h1-12,14-24,26-33H,13,25,34H2/b48-24-,56-55-,57-49+. The third-order valence-corrected chi connectivity index (χ3v) is 12.1. The molecule has 9 aromatic carbocycles. The predicted octanol–water partition coefficient (Wildman–Crippen LogP) is 13.9. The largest absolute Gasteiger partial charge is 0.488 e. The Bertz CT molecular complexity index is 3430. The van der Waals surface area contributed by atoms with Gasteiger partial charge in [0.25, 0.3) is 0 Å². The van der Waals surface area contributed by atoms with Gasteiger partial charge in [-0.1, -0.05) is 152 Å². The molecule has 0 atom stereocenters. The number of aromatic nitrogens is 1. The molecule has 0 saturated heterocycles. The molecule has 1 aromatic heterocycles. The van der Waals surface area contributed by atoms with Gasteiger partial charge in [0.15, 0.2) is 5.84 Å². The van der Waals surface area contributed by atoms with E-state index in [0.717, 1.165) is 63.5 Å². The second kappa shape index (κ2) is 13.5. The smallest absolute Gasteiger partial charge is 0.160 e. The van der Waals surface area contributed by atoms with E-state index < -0.39 is 0 Å². The van der Waals surface area contributed by atoms with Crippen LogP contribution in [-0.4, -0.2) is 16.1 Å². The third kappa shape index (κ3) is 5.52. The Balaban J connectivity index is 1.08. The summed E-state index contributed by atoms with van der Waals surface area (Å²) in [6.45, 7) is 0.468. The fourth-order valence-corrected chi connectivity index (χ4v) is 9.39. The van der Waals surface area contributed by atoms with E-state index in [1.165, 1.54) is 59.7 Å². The molecule has 2 aliphatic heterocycles. The fourth-order valence-electron chi connectivity index (χ4n) is 9.39. The van der Waals surface area contributed by atoms with E-state index >= 15 is 0 Å². The maximum atomic E-state index is 6.77. The second-order valence-electron chi connectivity index (χ2n) is 15.6. The predicted molar refractivity (Wildman–Crippen MR) is 246 cm³/mol.